The summed E-state index contributed by atoms with van der Waals surface area (Å²) in [5.41, 5.74) is 0.501. The van der Waals surface area contributed by atoms with E-state index in [0.29, 0.717) is 5.02 Å². The quantitative estimate of drug-likeness (QED) is 0.920. The maximum Gasteiger partial charge on any atom is 0.241 e. The Morgan fingerprint density at radius 2 is 1.65 bits per heavy atom. The van der Waals surface area contributed by atoms with Gasteiger partial charge in [0.15, 0.2) is 0 Å². The number of carbonyl (C=O) groups excluding carboxylic acids is 2. The largest absolute Gasteiger partial charge is 0.346 e. The number of rotatable bonds is 4. The number of nitrogens with zero attached hydrogens (tertiary/aromatic N) is 1. The van der Waals surface area contributed by atoms with Gasteiger partial charge in [0.05, 0.1) is 12.0 Å². The van der Waals surface area contributed by atoms with Gasteiger partial charge in [-0.15, -0.1) is 0 Å². The van der Waals surface area contributed by atoms with E-state index in [2.05, 4.69) is 5.32 Å². The van der Waals surface area contributed by atoms with Crippen LogP contribution in [-0.2, 0) is 15.0 Å². The highest BCUT2D eigenvalue weighted by Gasteiger charge is 2.42. The second kappa shape index (κ2) is 6.91. The molecular weight excluding hydrogens is 312 g/mol. The molecule has 4 nitrogen and oxygen atoms in total. The first-order valence-corrected chi connectivity index (χ1v) is 8.82. The Hall–Kier alpha value is -1.55. The third-order valence-electron chi connectivity index (χ3n) is 5.15. The first-order valence-electron chi connectivity index (χ1n) is 8.44. The lowest BCUT2D eigenvalue weighted by atomic mass is 9.78. The molecule has 0 bridgehead atoms. The van der Waals surface area contributed by atoms with E-state index >= 15 is 0 Å². The summed E-state index contributed by atoms with van der Waals surface area (Å²) >= 11 is 5.97. The summed E-state index contributed by atoms with van der Waals surface area (Å²) in [4.78, 5) is 26.8. The molecule has 0 atom stereocenters. The summed E-state index contributed by atoms with van der Waals surface area (Å²) in [7, 11) is 0. The number of benzene rings is 1. The molecule has 1 saturated heterocycles. The molecule has 1 heterocycles. The molecule has 0 aromatic heterocycles. The molecule has 1 aliphatic carbocycles. The molecule has 2 fully saturated rings. The van der Waals surface area contributed by atoms with Crippen molar-refractivity contribution in [3.05, 3.63) is 34.9 Å². The lowest BCUT2D eigenvalue weighted by molar-refractivity contribution is -0.133. The first-order chi connectivity index (χ1) is 11.1. The Balaban J connectivity index is 1.69. The fourth-order valence-corrected chi connectivity index (χ4v) is 3.92. The average Bonchev–Trinajstić information content (AvgIpc) is 3.25. The lowest BCUT2D eigenvalue weighted by Crippen LogP contribution is -2.46. The summed E-state index contributed by atoms with van der Waals surface area (Å²) < 4.78 is 0. The van der Waals surface area contributed by atoms with Crippen molar-refractivity contribution in [3.63, 3.8) is 0 Å². The fraction of sp³-hybridized carbons (Fsp3) is 0.556. The number of likely N-dealkylation sites (tertiary alicyclic amines) is 1. The highest BCUT2D eigenvalue weighted by Crippen LogP contribution is 2.41. The number of halogens is 1. The monoisotopic (exact) mass is 334 g/mol. The van der Waals surface area contributed by atoms with Crippen LogP contribution in [0.25, 0.3) is 0 Å². The molecule has 5 heteroatoms. The minimum absolute atomic E-state index is 0.0233. The van der Waals surface area contributed by atoms with Crippen LogP contribution in [0.2, 0.25) is 5.02 Å². The molecule has 2 amide bonds. The van der Waals surface area contributed by atoms with Crippen molar-refractivity contribution in [2.45, 2.75) is 43.9 Å². The molecule has 0 unspecified atom stereocenters. The molecule has 1 aromatic rings. The third-order valence-corrected chi connectivity index (χ3v) is 5.40. The van der Waals surface area contributed by atoms with Crippen LogP contribution in [-0.4, -0.2) is 36.3 Å². The zero-order valence-corrected chi connectivity index (χ0v) is 14.1. The van der Waals surface area contributed by atoms with Crippen molar-refractivity contribution in [1.29, 1.82) is 0 Å². The number of hydrogen-bond donors (Lipinski definition) is 1. The topological polar surface area (TPSA) is 49.4 Å². The Bertz CT molecular complexity index is 573. The maximum absolute atomic E-state index is 12.9. The van der Waals surface area contributed by atoms with Crippen LogP contribution in [0.15, 0.2) is 24.3 Å². The molecule has 1 saturated carbocycles. The van der Waals surface area contributed by atoms with E-state index in [4.69, 9.17) is 11.6 Å². The summed E-state index contributed by atoms with van der Waals surface area (Å²) in [5.74, 6) is 0.00460. The Morgan fingerprint density at radius 1 is 1.04 bits per heavy atom. The van der Waals surface area contributed by atoms with Crippen molar-refractivity contribution in [1.82, 2.24) is 10.2 Å². The van der Waals surface area contributed by atoms with Crippen LogP contribution in [0.4, 0.5) is 0 Å². The molecule has 3 rings (SSSR count). The normalized spacial score (nSPS) is 19.8. The van der Waals surface area contributed by atoms with E-state index in [0.717, 1.165) is 57.2 Å². The van der Waals surface area contributed by atoms with Crippen molar-refractivity contribution >= 4 is 23.4 Å². The van der Waals surface area contributed by atoms with E-state index in [1.165, 1.54) is 0 Å². The van der Waals surface area contributed by atoms with Crippen LogP contribution < -0.4 is 5.32 Å². The Morgan fingerprint density at radius 3 is 2.26 bits per heavy atom. The maximum atomic E-state index is 12.9. The SMILES string of the molecule is O=C(CNC(=O)C1(c2ccc(Cl)cc2)CCCC1)N1CCCC1. The minimum atomic E-state index is -0.504. The summed E-state index contributed by atoms with van der Waals surface area (Å²) in [6, 6.07) is 7.55. The highest BCUT2D eigenvalue weighted by molar-refractivity contribution is 6.30. The molecule has 1 N–H and O–H groups in total. The fourth-order valence-electron chi connectivity index (χ4n) is 3.80. The van der Waals surface area contributed by atoms with E-state index in [1.807, 2.05) is 29.2 Å². The molecule has 0 spiro atoms. The predicted molar refractivity (Wildman–Crippen MR) is 90.4 cm³/mol. The van der Waals surface area contributed by atoms with Gasteiger partial charge in [0, 0.05) is 18.1 Å². The van der Waals surface area contributed by atoms with Gasteiger partial charge in [-0.25, -0.2) is 0 Å². The van der Waals surface area contributed by atoms with Gasteiger partial charge in [-0.1, -0.05) is 36.6 Å². The Kier molecular flexibility index (Phi) is 4.90. The highest BCUT2D eigenvalue weighted by atomic mass is 35.5. The summed E-state index contributed by atoms with van der Waals surface area (Å²) in [6.07, 6.45) is 5.87. The lowest BCUT2D eigenvalue weighted by Gasteiger charge is -2.28. The second-order valence-corrected chi connectivity index (χ2v) is 7.00. The molecular formula is C18H23ClN2O2. The second-order valence-electron chi connectivity index (χ2n) is 6.57. The van der Waals surface area contributed by atoms with E-state index < -0.39 is 5.41 Å². The van der Waals surface area contributed by atoms with Gasteiger partial charge >= 0.3 is 0 Å². The van der Waals surface area contributed by atoms with E-state index in [1.54, 1.807) is 0 Å². The van der Waals surface area contributed by atoms with Crippen molar-refractivity contribution < 1.29 is 9.59 Å². The van der Waals surface area contributed by atoms with Crippen LogP contribution in [0.5, 0.6) is 0 Å². The van der Waals surface area contributed by atoms with Gasteiger partial charge in [0.2, 0.25) is 11.8 Å². The standard InChI is InChI=1S/C18H23ClN2O2/c19-15-7-5-14(6-8-15)18(9-1-2-10-18)17(23)20-13-16(22)21-11-3-4-12-21/h5-8H,1-4,9-13H2,(H,20,23). The molecule has 1 aliphatic heterocycles. The number of hydrogen-bond acceptors (Lipinski definition) is 2. The first kappa shape index (κ1) is 16.3. The number of nitrogens with one attached hydrogen (secondary N) is 1. The average molecular weight is 335 g/mol. The predicted octanol–water partition coefficient (Wildman–Crippen LogP) is 2.89. The van der Waals surface area contributed by atoms with E-state index in [-0.39, 0.29) is 18.4 Å². The third kappa shape index (κ3) is 3.37. The number of amides is 2. The smallest absolute Gasteiger partial charge is 0.241 e. The molecule has 23 heavy (non-hydrogen) atoms. The number of carbonyl (C=O) groups is 2. The van der Waals surface area contributed by atoms with Crippen LogP contribution in [0, 0.1) is 0 Å². The van der Waals surface area contributed by atoms with Crippen molar-refractivity contribution in [2.24, 2.45) is 0 Å². The Labute approximate surface area is 142 Å². The van der Waals surface area contributed by atoms with Gasteiger partial charge in [0.25, 0.3) is 0 Å². The van der Waals surface area contributed by atoms with Gasteiger partial charge < -0.3 is 10.2 Å². The van der Waals surface area contributed by atoms with Gasteiger partial charge in [-0.2, -0.15) is 0 Å². The van der Waals surface area contributed by atoms with Crippen molar-refractivity contribution in [3.8, 4) is 0 Å². The summed E-state index contributed by atoms with van der Waals surface area (Å²) in [6.45, 7) is 1.74. The zero-order chi connectivity index (χ0) is 16.3. The zero-order valence-electron chi connectivity index (χ0n) is 13.3. The molecule has 124 valence electrons. The van der Waals surface area contributed by atoms with Gasteiger partial charge in [0.1, 0.15) is 0 Å². The van der Waals surface area contributed by atoms with Crippen LogP contribution >= 0.6 is 11.6 Å². The van der Waals surface area contributed by atoms with Gasteiger partial charge in [-0.3, -0.25) is 9.59 Å². The van der Waals surface area contributed by atoms with E-state index in [9.17, 15) is 9.59 Å². The molecule has 0 radical (unpaired) electrons. The van der Waals surface area contributed by atoms with Crippen molar-refractivity contribution in [2.75, 3.05) is 19.6 Å². The van der Waals surface area contributed by atoms with Gasteiger partial charge in [-0.05, 0) is 43.4 Å². The molecule has 2 aliphatic rings. The molecule has 1 aromatic carbocycles. The van der Waals surface area contributed by atoms with Crippen LogP contribution in [0.3, 0.4) is 0 Å². The summed E-state index contributed by atoms with van der Waals surface area (Å²) in [5, 5.41) is 3.56. The van der Waals surface area contributed by atoms with Crippen LogP contribution in [0.1, 0.15) is 44.1 Å². The minimum Gasteiger partial charge on any atom is -0.346 e.